The first-order valence-electron chi connectivity index (χ1n) is 9.31. The van der Waals surface area contributed by atoms with Gasteiger partial charge >= 0.3 is 0 Å². The van der Waals surface area contributed by atoms with Crippen LogP contribution in [0.15, 0.2) is 0 Å². The van der Waals surface area contributed by atoms with Crippen molar-refractivity contribution in [1.82, 2.24) is 5.32 Å². The molecule has 1 amide bonds. The van der Waals surface area contributed by atoms with Crippen molar-refractivity contribution in [2.24, 2.45) is 34.5 Å². The summed E-state index contributed by atoms with van der Waals surface area (Å²) in [6.45, 7) is 7.26. The van der Waals surface area contributed by atoms with Gasteiger partial charge in [-0.15, -0.1) is 0 Å². The lowest BCUT2D eigenvalue weighted by molar-refractivity contribution is -0.141. The zero-order chi connectivity index (χ0) is 15.7. The predicted octanol–water partition coefficient (Wildman–Crippen LogP) is 3.11. The predicted molar refractivity (Wildman–Crippen MR) is 86.1 cm³/mol. The Balaban J connectivity index is 1.68. The fourth-order valence-corrected chi connectivity index (χ4v) is 7.07. The van der Waals surface area contributed by atoms with Crippen molar-refractivity contribution < 1.29 is 9.90 Å². The van der Waals surface area contributed by atoms with Crippen molar-refractivity contribution in [3.63, 3.8) is 0 Å². The molecule has 1 aliphatic heterocycles. The van der Waals surface area contributed by atoms with Crippen molar-refractivity contribution in [3.8, 4) is 0 Å². The normalized spacial score (nSPS) is 57.5. The van der Waals surface area contributed by atoms with Crippen molar-refractivity contribution in [3.05, 3.63) is 0 Å². The van der Waals surface area contributed by atoms with Crippen LogP contribution in [0.2, 0.25) is 0 Å². The number of piperidine rings is 1. The molecule has 0 spiro atoms. The summed E-state index contributed by atoms with van der Waals surface area (Å²) in [4.78, 5) is 11.9. The van der Waals surface area contributed by atoms with Crippen molar-refractivity contribution in [1.29, 1.82) is 0 Å². The molecule has 4 fully saturated rings. The average Bonchev–Trinajstić information content (AvgIpc) is 2.75. The van der Waals surface area contributed by atoms with Crippen LogP contribution in [-0.4, -0.2) is 23.2 Å². The van der Waals surface area contributed by atoms with Crippen LogP contribution in [0.5, 0.6) is 0 Å². The van der Waals surface area contributed by atoms with E-state index in [1.54, 1.807) is 0 Å². The molecule has 8 unspecified atom stereocenters. The molecular formula is C19H31NO2. The molecule has 22 heavy (non-hydrogen) atoms. The zero-order valence-electron chi connectivity index (χ0n) is 14.3. The second-order valence-corrected chi connectivity index (χ2v) is 9.42. The Kier molecular flexibility index (Phi) is 3.21. The Morgan fingerprint density at radius 3 is 2.73 bits per heavy atom. The van der Waals surface area contributed by atoms with Gasteiger partial charge in [0.05, 0.1) is 6.10 Å². The molecule has 124 valence electrons. The highest BCUT2D eigenvalue weighted by molar-refractivity contribution is 5.77. The van der Waals surface area contributed by atoms with Gasteiger partial charge in [-0.2, -0.15) is 0 Å². The van der Waals surface area contributed by atoms with E-state index in [1.165, 1.54) is 12.8 Å². The molecule has 0 aromatic rings. The minimum Gasteiger partial charge on any atom is -0.393 e. The number of aliphatic hydroxyl groups is 1. The zero-order valence-corrected chi connectivity index (χ0v) is 14.3. The maximum atomic E-state index is 11.9. The minimum atomic E-state index is -0.0856. The summed E-state index contributed by atoms with van der Waals surface area (Å²) < 4.78 is 0. The van der Waals surface area contributed by atoms with Crippen molar-refractivity contribution in [2.45, 2.75) is 77.9 Å². The molecule has 1 heterocycles. The highest BCUT2D eigenvalue weighted by atomic mass is 16.3. The van der Waals surface area contributed by atoms with Gasteiger partial charge in [0.2, 0.25) is 5.91 Å². The molecule has 1 saturated heterocycles. The largest absolute Gasteiger partial charge is 0.393 e. The third-order valence-electron chi connectivity index (χ3n) is 8.21. The van der Waals surface area contributed by atoms with Crippen LogP contribution in [0.4, 0.5) is 0 Å². The molecule has 4 aliphatic rings. The molecule has 3 aliphatic carbocycles. The highest BCUT2D eigenvalue weighted by Gasteiger charge is 2.61. The van der Waals surface area contributed by atoms with Gasteiger partial charge in [-0.3, -0.25) is 4.79 Å². The number of carbonyl (C=O) groups excluding carboxylic acids is 1. The van der Waals surface area contributed by atoms with E-state index in [0.717, 1.165) is 37.5 Å². The number of amides is 1. The second kappa shape index (κ2) is 4.72. The van der Waals surface area contributed by atoms with Crippen LogP contribution in [0.25, 0.3) is 0 Å². The molecule has 0 radical (unpaired) electrons. The van der Waals surface area contributed by atoms with Crippen LogP contribution in [0.3, 0.4) is 0 Å². The first-order chi connectivity index (χ1) is 10.3. The summed E-state index contributed by atoms with van der Waals surface area (Å²) in [5.74, 6) is 3.07. The Morgan fingerprint density at radius 2 is 1.95 bits per heavy atom. The number of hydrogen-bond donors (Lipinski definition) is 2. The lowest BCUT2D eigenvalue weighted by atomic mass is 9.45. The number of carbonyl (C=O) groups is 1. The van der Waals surface area contributed by atoms with Crippen LogP contribution in [0.1, 0.15) is 65.7 Å². The molecule has 3 saturated carbocycles. The maximum Gasteiger partial charge on any atom is 0.220 e. The summed E-state index contributed by atoms with van der Waals surface area (Å²) in [5, 5.41) is 13.6. The van der Waals surface area contributed by atoms with Crippen LogP contribution >= 0.6 is 0 Å². The summed E-state index contributed by atoms with van der Waals surface area (Å²) >= 11 is 0. The summed E-state index contributed by atoms with van der Waals surface area (Å²) in [6, 6.07) is 0.376. The van der Waals surface area contributed by atoms with Gasteiger partial charge < -0.3 is 10.4 Å². The molecule has 3 heteroatoms. The van der Waals surface area contributed by atoms with Crippen LogP contribution in [0, 0.1) is 34.5 Å². The number of nitrogens with one attached hydrogen (secondary N) is 1. The minimum absolute atomic E-state index is 0.0856. The lowest BCUT2D eigenvalue weighted by Gasteiger charge is -2.61. The van der Waals surface area contributed by atoms with E-state index in [2.05, 4.69) is 26.1 Å². The van der Waals surface area contributed by atoms with Crippen molar-refractivity contribution in [2.75, 3.05) is 0 Å². The number of rotatable bonds is 0. The average molecular weight is 305 g/mol. The molecule has 0 aromatic carbocycles. The maximum absolute atomic E-state index is 11.9. The molecule has 2 N–H and O–H groups in total. The quantitative estimate of drug-likeness (QED) is 0.722. The number of aliphatic hydroxyl groups excluding tert-OH is 1. The first-order valence-corrected chi connectivity index (χ1v) is 9.31. The first kappa shape index (κ1) is 15.0. The second-order valence-electron chi connectivity index (χ2n) is 9.42. The molecule has 8 atom stereocenters. The number of hydrogen-bond acceptors (Lipinski definition) is 2. The molecular weight excluding hydrogens is 274 g/mol. The standard InChI is InChI=1S/C19H31NO2/c1-11-8-15-19(3,7-5-16(22)20-15)13-4-6-18(2)10-12(21)9-14(18)17(11)13/h11-15,17,21H,4-10H2,1-3H3,(H,20,22). The van der Waals surface area contributed by atoms with Gasteiger partial charge in [-0.05, 0) is 73.0 Å². The molecule has 4 rings (SSSR count). The van der Waals surface area contributed by atoms with E-state index in [9.17, 15) is 9.90 Å². The van der Waals surface area contributed by atoms with E-state index in [0.29, 0.717) is 29.7 Å². The van der Waals surface area contributed by atoms with Gasteiger partial charge in [0.1, 0.15) is 0 Å². The van der Waals surface area contributed by atoms with Gasteiger partial charge in [0.25, 0.3) is 0 Å². The highest BCUT2D eigenvalue weighted by Crippen LogP contribution is 2.65. The van der Waals surface area contributed by atoms with E-state index >= 15 is 0 Å². The van der Waals surface area contributed by atoms with E-state index in [4.69, 9.17) is 0 Å². The Morgan fingerprint density at radius 1 is 1.18 bits per heavy atom. The Bertz CT molecular complexity index is 492. The van der Waals surface area contributed by atoms with E-state index in [-0.39, 0.29) is 17.4 Å². The third kappa shape index (κ3) is 1.93. The lowest BCUT2D eigenvalue weighted by Crippen LogP contribution is -2.62. The third-order valence-corrected chi connectivity index (χ3v) is 8.21. The van der Waals surface area contributed by atoms with Crippen LogP contribution in [-0.2, 0) is 4.79 Å². The van der Waals surface area contributed by atoms with Gasteiger partial charge in [-0.1, -0.05) is 20.8 Å². The van der Waals surface area contributed by atoms with E-state index in [1.807, 2.05) is 0 Å². The smallest absolute Gasteiger partial charge is 0.220 e. The Hall–Kier alpha value is -0.570. The Labute approximate surface area is 134 Å². The fourth-order valence-electron chi connectivity index (χ4n) is 7.07. The summed E-state index contributed by atoms with van der Waals surface area (Å²) in [5.41, 5.74) is 0.635. The SMILES string of the molecule is CC1CC2NC(=O)CCC2(C)C2CCC3(C)CC(O)CC3C12. The van der Waals surface area contributed by atoms with E-state index < -0.39 is 0 Å². The van der Waals surface area contributed by atoms with Gasteiger partial charge in [-0.25, -0.2) is 0 Å². The molecule has 3 nitrogen and oxygen atoms in total. The van der Waals surface area contributed by atoms with Gasteiger partial charge in [0.15, 0.2) is 0 Å². The van der Waals surface area contributed by atoms with Gasteiger partial charge in [0, 0.05) is 12.5 Å². The fraction of sp³-hybridized carbons (Fsp3) is 0.947. The van der Waals surface area contributed by atoms with Crippen LogP contribution < -0.4 is 5.32 Å². The summed E-state index contributed by atoms with van der Waals surface area (Å²) in [7, 11) is 0. The van der Waals surface area contributed by atoms with Crippen molar-refractivity contribution >= 4 is 5.91 Å². The monoisotopic (exact) mass is 305 g/mol. The number of fused-ring (bicyclic) bond motifs is 5. The summed E-state index contributed by atoms with van der Waals surface area (Å²) in [6.07, 6.45) is 7.37. The molecule has 0 aromatic heterocycles. The topological polar surface area (TPSA) is 49.3 Å². The molecule has 0 bridgehead atoms.